The molecule has 2 nitrogen and oxygen atoms in total. The molecule has 0 aromatic heterocycles. The molecule has 0 unspecified atom stereocenters. The Balaban J connectivity index is 0.000000980. The molecule has 1 aromatic rings. The Morgan fingerprint density at radius 1 is 1.14 bits per heavy atom. The van der Waals surface area contributed by atoms with E-state index in [1.165, 1.54) is 0 Å². The number of halogens is 6. The third-order valence-electron chi connectivity index (χ3n) is 2.07. The van der Waals surface area contributed by atoms with Gasteiger partial charge in [-0.3, -0.25) is 5.21 Å². The van der Waals surface area contributed by atoms with Gasteiger partial charge in [-0.25, -0.2) is 4.39 Å². The third kappa shape index (κ3) is 6.39. The first-order valence-corrected chi connectivity index (χ1v) is 8.37. The Kier molecular flexibility index (Phi) is 5.60. The summed E-state index contributed by atoms with van der Waals surface area (Å²) in [6, 6.07) is 1.39. The van der Waals surface area contributed by atoms with Gasteiger partial charge in [0.05, 0.1) is 5.56 Å². The molecule has 0 radical (unpaired) electrons. The molecule has 0 atom stereocenters. The van der Waals surface area contributed by atoms with Crippen LogP contribution in [0.2, 0.25) is 0 Å². The summed E-state index contributed by atoms with van der Waals surface area (Å²) in [6.07, 6.45) is 0. The highest BCUT2D eigenvalue weighted by Crippen LogP contribution is 3.02. The fourth-order valence-electron chi connectivity index (χ4n) is 1.20. The molecule has 0 aliphatic carbocycles. The smallest absolute Gasteiger partial charge is 0.277 e. The average Bonchev–Trinajstić information content (AvgIpc) is 2.23. The van der Waals surface area contributed by atoms with Crippen molar-refractivity contribution in [2.24, 2.45) is 5.92 Å². The predicted molar refractivity (Wildman–Crippen MR) is 79.1 cm³/mol. The monoisotopic (exact) mass is 370 g/mol. The second-order valence-electron chi connectivity index (χ2n) is 5.19. The van der Waals surface area contributed by atoms with Gasteiger partial charge >= 0.3 is 10.2 Å². The average molecular weight is 370 g/mol. The van der Waals surface area contributed by atoms with E-state index in [1.807, 2.05) is 0 Å². The van der Waals surface area contributed by atoms with E-state index in [-0.39, 0.29) is 10.2 Å². The summed E-state index contributed by atoms with van der Waals surface area (Å²) in [5.41, 5.74) is -1.28. The maximum Gasteiger partial charge on any atom is 0.313 e. The van der Waals surface area contributed by atoms with Gasteiger partial charge in [0.2, 0.25) is 0 Å². The molecule has 130 valence electrons. The first-order chi connectivity index (χ1) is 9.47. The summed E-state index contributed by atoms with van der Waals surface area (Å²) in [7, 11) is -10.1. The molecule has 0 heterocycles. The van der Waals surface area contributed by atoms with Crippen LogP contribution in [0.15, 0.2) is 23.1 Å². The van der Waals surface area contributed by atoms with Crippen LogP contribution in [0.25, 0.3) is 0 Å². The van der Waals surface area contributed by atoms with Crippen molar-refractivity contribution in [2.45, 2.75) is 32.6 Å². The van der Waals surface area contributed by atoms with E-state index in [1.54, 1.807) is 0 Å². The molecule has 0 saturated heterocycles. The number of benzene rings is 1. The van der Waals surface area contributed by atoms with Gasteiger partial charge in [0.25, 0.3) is 5.71 Å². The number of nitrogens with zero attached hydrogens (tertiary/aromatic N) is 1. The van der Waals surface area contributed by atoms with E-state index in [0.29, 0.717) is 6.07 Å². The molecule has 0 aliphatic heterocycles. The Bertz CT molecular complexity index is 576. The standard InChI is InChI=1S/C8H8F6NOS2.C4H10/c1-5(15(16)17)6-3-2-4-7(8(6)9)18(10,11,12,13)14;1-4(2)3/h2-4,16-17H,1H3;4H,1-3H3/q+1;/b15-5+;. The van der Waals surface area contributed by atoms with Gasteiger partial charge < -0.3 is 0 Å². The maximum atomic E-state index is 13.5. The van der Waals surface area contributed by atoms with Crippen LogP contribution in [0, 0.1) is 11.7 Å². The van der Waals surface area contributed by atoms with E-state index >= 15 is 0 Å². The third-order valence-corrected chi connectivity index (χ3v) is 3.52. The minimum Gasteiger partial charge on any atom is -0.277 e. The summed E-state index contributed by atoms with van der Waals surface area (Å²) < 4.78 is 76.1. The van der Waals surface area contributed by atoms with Gasteiger partial charge in [0, 0.05) is 11.1 Å². The normalized spacial score (nSPS) is 16.2. The Labute approximate surface area is 130 Å². The van der Waals surface area contributed by atoms with Gasteiger partial charge in [-0.15, -0.1) is 0 Å². The van der Waals surface area contributed by atoms with Gasteiger partial charge in [0.1, 0.15) is 4.90 Å². The lowest BCUT2D eigenvalue weighted by Gasteiger charge is -2.40. The van der Waals surface area contributed by atoms with Crippen LogP contribution in [0.3, 0.4) is 0 Å². The lowest BCUT2D eigenvalue weighted by atomic mass is 10.1. The topological polar surface area (TPSA) is 23.2 Å². The molecule has 10 heteroatoms. The molecule has 0 spiro atoms. The molecule has 0 saturated carbocycles. The first kappa shape index (κ1) is 21.0. The summed E-state index contributed by atoms with van der Waals surface area (Å²) in [5.74, 6) is -1.32. The van der Waals surface area contributed by atoms with Gasteiger partial charge in [-0.1, -0.05) is 46.3 Å². The Morgan fingerprint density at radius 2 is 1.55 bits per heavy atom. The fourth-order valence-corrected chi connectivity index (χ4v) is 2.09. The van der Waals surface area contributed by atoms with Gasteiger partial charge in [-0.2, -0.15) is 0 Å². The van der Waals surface area contributed by atoms with E-state index in [2.05, 4.69) is 33.6 Å². The molecule has 1 rings (SSSR count). The summed E-state index contributed by atoms with van der Waals surface area (Å²) in [6.45, 7) is 7.51. The minimum atomic E-state index is -10.1. The summed E-state index contributed by atoms with van der Waals surface area (Å²) in [4.78, 5) is -2.62. The Hall–Kier alpha value is -1.03. The van der Waals surface area contributed by atoms with E-state index < -0.39 is 32.2 Å². The van der Waals surface area contributed by atoms with Crippen LogP contribution >= 0.6 is 23.0 Å². The zero-order chi connectivity index (χ0) is 18.0. The van der Waals surface area contributed by atoms with Gasteiger partial charge in [0.15, 0.2) is 18.6 Å². The number of rotatable bonds is 2. The molecule has 1 aromatic carbocycles. The maximum absolute atomic E-state index is 13.5. The van der Waals surface area contributed by atoms with E-state index in [0.717, 1.165) is 18.9 Å². The van der Waals surface area contributed by atoms with Crippen molar-refractivity contribution < 1.29 is 33.2 Å². The lowest BCUT2D eigenvalue weighted by Crippen LogP contribution is -2.14. The summed E-state index contributed by atoms with van der Waals surface area (Å²) >= 11 is 3.33. The molecule has 0 amide bonds. The van der Waals surface area contributed by atoms with Crippen molar-refractivity contribution in [1.29, 1.82) is 0 Å². The first-order valence-electron chi connectivity index (χ1n) is 6.01. The van der Waals surface area contributed by atoms with Crippen LogP contribution in [-0.4, -0.2) is 15.1 Å². The van der Waals surface area contributed by atoms with Crippen LogP contribution < -0.4 is 0 Å². The SMILES string of the molecule is C/C(c1cccc(S(F)(F)(F)(F)F)c1F)=[N+](/O)S.CC(C)C. The van der Waals surface area contributed by atoms with Crippen LogP contribution in [0.4, 0.5) is 23.8 Å². The van der Waals surface area contributed by atoms with E-state index in [9.17, 15) is 23.8 Å². The Morgan fingerprint density at radius 3 is 1.86 bits per heavy atom. The fraction of sp³-hybridized carbons (Fsp3) is 0.417. The lowest BCUT2D eigenvalue weighted by molar-refractivity contribution is -0.642. The summed E-state index contributed by atoms with van der Waals surface area (Å²) in [5, 5.41) is 8.86. The molecule has 0 fully saturated rings. The highest BCUT2D eigenvalue weighted by atomic mass is 32.5. The van der Waals surface area contributed by atoms with Crippen molar-refractivity contribution in [3.63, 3.8) is 0 Å². The highest BCUT2D eigenvalue weighted by Gasteiger charge is 2.67. The van der Waals surface area contributed by atoms with Crippen molar-refractivity contribution in [2.75, 3.05) is 0 Å². The largest absolute Gasteiger partial charge is 0.313 e. The predicted octanol–water partition coefficient (Wildman–Crippen LogP) is 6.20. The molecular weight excluding hydrogens is 352 g/mol. The van der Waals surface area contributed by atoms with E-state index in [4.69, 9.17) is 5.21 Å². The number of hydrogen-bond donors (Lipinski definition) is 2. The number of thiol groups is 1. The van der Waals surface area contributed by atoms with Crippen LogP contribution in [0.5, 0.6) is 0 Å². The second kappa shape index (κ2) is 5.88. The zero-order valence-corrected chi connectivity index (χ0v) is 14.0. The molecule has 22 heavy (non-hydrogen) atoms. The number of hydrogen-bond acceptors (Lipinski definition) is 2. The van der Waals surface area contributed by atoms with Crippen molar-refractivity contribution in [1.82, 2.24) is 0 Å². The van der Waals surface area contributed by atoms with Crippen LogP contribution in [-0.2, 0) is 0 Å². The molecular formula is C12H18F6NOS2+. The molecule has 0 aliphatic rings. The quantitative estimate of drug-likeness (QED) is 0.159. The van der Waals surface area contributed by atoms with Crippen LogP contribution in [0.1, 0.15) is 33.3 Å². The van der Waals surface area contributed by atoms with Gasteiger partial charge in [-0.05, 0) is 18.1 Å². The molecule has 0 bridgehead atoms. The van der Waals surface area contributed by atoms with Crippen molar-refractivity contribution in [3.8, 4) is 0 Å². The zero-order valence-electron chi connectivity index (χ0n) is 12.3. The van der Waals surface area contributed by atoms with Crippen molar-refractivity contribution >= 4 is 28.8 Å². The van der Waals surface area contributed by atoms with Crippen molar-refractivity contribution in [3.05, 3.63) is 29.6 Å². The minimum absolute atomic E-state index is 0.0353. The molecule has 1 N–H and O–H groups in total. The highest BCUT2D eigenvalue weighted by molar-refractivity contribution is 8.45. The second-order valence-corrected chi connectivity index (χ2v) is 7.95.